The lowest BCUT2D eigenvalue weighted by atomic mass is 10.4. The van der Waals surface area contributed by atoms with Crippen LogP contribution in [0.25, 0.3) is 0 Å². The second-order valence-electron chi connectivity index (χ2n) is 3.37. The predicted molar refractivity (Wildman–Crippen MR) is 44.4 cm³/mol. The molecule has 0 N–H and O–H groups in total. The van der Waals surface area contributed by atoms with Crippen molar-refractivity contribution in [2.24, 2.45) is 0 Å². The molecule has 1 atom stereocenters. The van der Waals surface area contributed by atoms with Gasteiger partial charge in [0.1, 0.15) is 0 Å². The molecular formula is C7H18P+. The van der Waals surface area contributed by atoms with Gasteiger partial charge < -0.3 is 0 Å². The summed E-state index contributed by atoms with van der Waals surface area (Å²) in [7, 11) is -0.507. The van der Waals surface area contributed by atoms with Gasteiger partial charge in [-0.15, -0.1) is 0 Å². The van der Waals surface area contributed by atoms with E-state index >= 15 is 0 Å². The van der Waals surface area contributed by atoms with Crippen LogP contribution >= 0.6 is 7.26 Å². The molecule has 0 aliphatic carbocycles. The summed E-state index contributed by atoms with van der Waals surface area (Å²) in [5, 5.41) is 0. The standard InChI is InChI=1S/C7H18P/c1-6-7(2)8(3,4)5/h7H,6H2,1-5H3/q+1. The van der Waals surface area contributed by atoms with Crippen molar-refractivity contribution in [3.63, 3.8) is 0 Å². The molecule has 50 valence electrons. The predicted octanol–water partition coefficient (Wildman–Crippen LogP) is 2.69. The minimum Gasteiger partial charge on any atom is -0.0617 e. The van der Waals surface area contributed by atoms with E-state index in [1.165, 1.54) is 6.42 Å². The average Bonchev–Trinajstić information content (AvgIpc) is 1.62. The van der Waals surface area contributed by atoms with Crippen LogP contribution in [0.5, 0.6) is 0 Å². The summed E-state index contributed by atoms with van der Waals surface area (Å²) in [5.74, 6) is 0. The van der Waals surface area contributed by atoms with Crippen LogP contribution < -0.4 is 0 Å². The van der Waals surface area contributed by atoms with Crippen LogP contribution in [0.1, 0.15) is 20.3 Å². The zero-order chi connectivity index (χ0) is 6.78. The molecule has 0 fully saturated rings. The first-order valence-electron chi connectivity index (χ1n) is 3.29. The third-order valence-corrected chi connectivity index (χ3v) is 4.92. The highest BCUT2D eigenvalue weighted by Crippen LogP contribution is 2.52. The van der Waals surface area contributed by atoms with Crippen molar-refractivity contribution in [3.8, 4) is 0 Å². The highest BCUT2D eigenvalue weighted by molar-refractivity contribution is 7.74. The van der Waals surface area contributed by atoms with E-state index in [1.807, 2.05) is 0 Å². The van der Waals surface area contributed by atoms with Crippen molar-refractivity contribution in [1.82, 2.24) is 0 Å². The number of rotatable bonds is 2. The highest BCUT2D eigenvalue weighted by atomic mass is 31.2. The first-order valence-corrected chi connectivity index (χ1v) is 6.49. The van der Waals surface area contributed by atoms with E-state index < -0.39 is 7.26 Å². The molecule has 0 spiro atoms. The van der Waals surface area contributed by atoms with Crippen LogP contribution in [-0.4, -0.2) is 25.7 Å². The fourth-order valence-electron chi connectivity index (χ4n) is 0.548. The summed E-state index contributed by atoms with van der Waals surface area (Å²) in [5.41, 5.74) is 0.961. The van der Waals surface area contributed by atoms with Crippen LogP contribution in [0, 0.1) is 0 Å². The second kappa shape index (κ2) is 2.82. The van der Waals surface area contributed by atoms with E-state index in [0.717, 1.165) is 5.66 Å². The van der Waals surface area contributed by atoms with Gasteiger partial charge in [0.05, 0.1) is 5.66 Å². The molecule has 0 bridgehead atoms. The molecule has 0 aliphatic heterocycles. The van der Waals surface area contributed by atoms with Gasteiger partial charge in [0.25, 0.3) is 0 Å². The molecule has 0 amide bonds. The molecule has 1 unspecified atom stereocenters. The SMILES string of the molecule is CCC(C)[P+](C)(C)C. The lowest BCUT2D eigenvalue weighted by molar-refractivity contribution is 0.887. The smallest absolute Gasteiger partial charge is 0.0617 e. The second-order valence-corrected chi connectivity index (χ2v) is 8.49. The molecule has 1 heteroatoms. The molecule has 0 aromatic heterocycles. The molecular weight excluding hydrogens is 115 g/mol. The van der Waals surface area contributed by atoms with Gasteiger partial charge in [-0.1, -0.05) is 6.92 Å². The summed E-state index contributed by atoms with van der Waals surface area (Å²) in [6.45, 7) is 11.8. The van der Waals surface area contributed by atoms with Gasteiger partial charge in [-0.25, -0.2) is 0 Å². The van der Waals surface area contributed by atoms with Crippen molar-refractivity contribution in [1.29, 1.82) is 0 Å². The van der Waals surface area contributed by atoms with E-state index in [2.05, 4.69) is 33.8 Å². The Balaban J connectivity index is 3.62. The Morgan fingerprint density at radius 1 is 1.25 bits per heavy atom. The van der Waals surface area contributed by atoms with E-state index in [0.29, 0.717) is 0 Å². The normalized spacial score (nSPS) is 16.1. The van der Waals surface area contributed by atoms with E-state index in [1.54, 1.807) is 0 Å². The van der Waals surface area contributed by atoms with E-state index in [9.17, 15) is 0 Å². The van der Waals surface area contributed by atoms with Gasteiger partial charge in [0, 0.05) is 27.3 Å². The zero-order valence-corrected chi connectivity index (χ0v) is 7.63. The lowest BCUT2D eigenvalue weighted by Crippen LogP contribution is -2.04. The number of hydrogen-bond acceptors (Lipinski definition) is 0. The van der Waals surface area contributed by atoms with Gasteiger partial charge >= 0.3 is 0 Å². The zero-order valence-electron chi connectivity index (χ0n) is 6.73. The van der Waals surface area contributed by atoms with Crippen LogP contribution in [0.3, 0.4) is 0 Å². The summed E-state index contributed by atoms with van der Waals surface area (Å²) < 4.78 is 0. The Labute approximate surface area is 54.0 Å². The van der Waals surface area contributed by atoms with Gasteiger partial charge in [0.2, 0.25) is 0 Å². The third-order valence-electron chi connectivity index (χ3n) is 1.91. The van der Waals surface area contributed by atoms with Crippen molar-refractivity contribution >= 4 is 7.26 Å². The highest BCUT2D eigenvalue weighted by Gasteiger charge is 2.24. The Morgan fingerprint density at radius 3 is 1.62 bits per heavy atom. The molecule has 0 heterocycles. The summed E-state index contributed by atoms with van der Waals surface area (Å²) in [4.78, 5) is 0. The fourth-order valence-corrected chi connectivity index (χ4v) is 1.64. The molecule has 0 saturated carbocycles. The minimum atomic E-state index is -0.507. The first kappa shape index (κ1) is 8.43. The third kappa shape index (κ3) is 2.67. The van der Waals surface area contributed by atoms with Crippen molar-refractivity contribution in [3.05, 3.63) is 0 Å². The molecule has 0 aromatic rings. The Hall–Kier alpha value is 0.430. The molecule has 0 rings (SSSR count). The lowest BCUT2D eigenvalue weighted by Gasteiger charge is -2.18. The molecule has 0 saturated heterocycles. The minimum absolute atomic E-state index is 0.507. The molecule has 0 aromatic carbocycles. The van der Waals surface area contributed by atoms with Crippen LogP contribution in [-0.2, 0) is 0 Å². The van der Waals surface area contributed by atoms with Crippen molar-refractivity contribution in [2.45, 2.75) is 25.9 Å². The van der Waals surface area contributed by atoms with Crippen molar-refractivity contribution < 1.29 is 0 Å². The van der Waals surface area contributed by atoms with E-state index in [-0.39, 0.29) is 0 Å². The van der Waals surface area contributed by atoms with Crippen LogP contribution in [0.4, 0.5) is 0 Å². The monoisotopic (exact) mass is 133 g/mol. The van der Waals surface area contributed by atoms with E-state index in [4.69, 9.17) is 0 Å². The quantitative estimate of drug-likeness (QED) is 0.508. The largest absolute Gasteiger partial charge is 0.0659 e. The van der Waals surface area contributed by atoms with Gasteiger partial charge in [-0.3, -0.25) is 0 Å². The topological polar surface area (TPSA) is 0 Å². The summed E-state index contributed by atoms with van der Waals surface area (Å²) in [6.07, 6.45) is 1.34. The maximum Gasteiger partial charge on any atom is 0.0659 e. The first-order chi connectivity index (χ1) is 3.48. The Morgan fingerprint density at radius 2 is 1.62 bits per heavy atom. The van der Waals surface area contributed by atoms with Crippen molar-refractivity contribution in [2.75, 3.05) is 20.0 Å². The molecule has 0 aliphatic rings. The Bertz CT molecular complexity index is 61.3. The van der Waals surface area contributed by atoms with Gasteiger partial charge in [-0.2, -0.15) is 0 Å². The van der Waals surface area contributed by atoms with Gasteiger partial charge in [0.15, 0.2) is 0 Å². The fraction of sp³-hybridized carbons (Fsp3) is 1.00. The Kier molecular flexibility index (Phi) is 2.98. The number of hydrogen-bond donors (Lipinski definition) is 0. The average molecular weight is 133 g/mol. The molecule has 0 radical (unpaired) electrons. The van der Waals surface area contributed by atoms with Gasteiger partial charge in [-0.05, 0) is 13.3 Å². The summed E-state index contributed by atoms with van der Waals surface area (Å²) in [6, 6.07) is 0. The van der Waals surface area contributed by atoms with Crippen LogP contribution in [0.2, 0.25) is 0 Å². The molecule has 0 nitrogen and oxygen atoms in total. The maximum atomic E-state index is 2.40. The van der Waals surface area contributed by atoms with Crippen LogP contribution in [0.15, 0.2) is 0 Å². The molecule has 8 heavy (non-hydrogen) atoms. The maximum absolute atomic E-state index is 2.40. The summed E-state index contributed by atoms with van der Waals surface area (Å²) >= 11 is 0.